The van der Waals surface area contributed by atoms with Crippen molar-refractivity contribution < 1.29 is 13.5 Å². The summed E-state index contributed by atoms with van der Waals surface area (Å²) < 4.78 is 26.8. The third kappa shape index (κ3) is 3.48. The number of nitrogens with one attached hydrogen (secondary N) is 1. The predicted octanol–water partition coefficient (Wildman–Crippen LogP) is 1.37. The van der Waals surface area contributed by atoms with Gasteiger partial charge in [0.1, 0.15) is 11.5 Å². The van der Waals surface area contributed by atoms with E-state index in [0.717, 1.165) is 6.42 Å². The molecule has 1 saturated carbocycles. The second-order valence-corrected chi connectivity index (χ2v) is 6.64. The minimum atomic E-state index is -3.58. The molecule has 0 bridgehead atoms. The van der Waals surface area contributed by atoms with Gasteiger partial charge in [0.05, 0.1) is 5.02 Å². The number of hydrogen-bond acceptors (Lipinski definition) is 3. The van der Waals surface area contributed by atoms with E-state index in [1.807, 2.05) is 6.92 Å². The molecule has 1 aromatic carbocycles. The van der Waals surface area contributed by atoms with E-state index >= 15 is 0 Å². The Kier molecular flexibility index (Phi) is 4.16. The largest absolute Gasteiger partial charge is 0.384 e. The molecule has 0 radical (unpaired) electrons. The molecule has 2 unspecified atom stereocenters. The van der Waals surface area contributed by atoms with Gasteiger partial charge >= 0.3 is 0 Å². The Morgan fingerprint density at radius 1 is 1.53 bits per heavy atom. The van der Waals surface area contributed by atoms with Crippen molar-refractivity contribution in [2.45, 2.75) is 24.3 Å². The van der Waals surface area contributed by atoms with E-state index in [1.165, 1.54) is 12.1 Å². The van der Waals surface area contributed by atoms with Gasteiger partial charge in [-0.15, -0.1) is 0 Å². The van der Waals surface area contributed by atoms with E-state index in [1.54, 1.807) is 6.07 Å². The molecular weight excluding hydrogens is 286 g/mol. The van der Waals surface area contributed by atoms with Crippen LogP contribution >= 0.6 is 11.6 Å². The molecule has 2 rings (SSSR count). The maximum Gasteiger partial charge on any atom is 0.242 e. The first-order valence-corrected chi connectivity index (χ1v) is 7.72. The summed E-state index contributed by atoms with van der Waals surface area (Å²) in [6.45, 7) is 1.74. The van der Waals surface area contributed by atoms with Crippen LogP contribution in [0.15, 0.2) is 23.1 Å². The Labute approximate surface area is 117 Å². The Bertz CT molecular complexity index is 646. The maximum atomic E-state index is 12.1. The highest BCUT2D eigenvalue weighted by molar-refractivity contribution is 7.89. The maximum absolute atomic E-state index is 12.1. The van der Waals surface area contributed by atoms with Crippen LogP contribution in [0.1, 0.15) is 18.9 Å². The van der Waals surface area contributed by atoms with E-state index in [0.29, 0.717) is 11.5 Å². The molecule has 2 atom stereocenters. The molecule has 0 aliphatic heterocycles. The van der Waals surface area contributed by atoms with Crippen molar-refractivity contribution in [2.24, 2.45) is 5.92 Å². The predicted molar refractivity (Wildman–Crippen MR) is 73.3 cm³/mol. The van der Waals surface area contributed by atoms with Crippen molar-refractivity contribution in [3.8, 4) is 11.8 Å². The smallest absolute Gasteiger partial charge is 0.242 e. The van der Waals surface area contributed by atoms with Crippen molar-refractivity contribution >= 4 is 21.6 Å². The minimum Gasteiger partial charge on any atom is -0.384 e. The average molecular weight is 300 g/mol. The van der Waals surface area contributed by atoms with Gasteiger partial charge in [-0.2, -0.15) is 0 Å². The number of aliphatic hydroxyl groups is 1. The van der Waals surface area contributed by atoms with Gasteiger partial charge in [-0.25, -0.2) is 13.1 Å². The van der Waals surface area contributed by atoms with Gasteiger partial charge in [0.25, 0.3) is 0 Å². The molecule has 1 fully saturated rings. The van der Waals surface area contributed by atoms with Gasteiger partial charge in [0.2, 0.25) is 10.0 Å². The molecule has 1 aliphatic carbocycles. The van der Waals surface area contributed by atoms with Crippen molar-refractivity contribution in [3.63, 3.8) is 0 Å². The van der Waals surface area contributed by atoms with Crippen LogP contribution in [-0.4, -0.2) is 26.2 Å². The van der Waals surface area contributed by atoms with E-state index in [9.17, 15) is 8.42 Å². The Morgan fingerprint density at radius 2 is 2.21 bits per heavy atom. The Morgan fingerprint density at radius 3 is 2.74 bits per heavy atom. The molecule has 102 valence electrons. The number of aliphatic hydroxyl groups excluding tert-OH is 1. The molecular formula is C13H14ClNO3S. The lowest BCUT2D eigenvalue weighted by atomic mass is 10.2. The van der Waals surface area contributed by atoms with E-state index < -0.39 is 10.0 Å². The molecule has 2 N–H and O–H groups in total. The Balaban J connectivity index is 2.25. The third-order valence-corrected chi connectivity index (χ3v) is 4.92. The van der Waals surface area contributed by atoms with Crippen LogP contribution in [0.2, 0.25) is 5.02 Å². The number of benzene rings is 1. The van der Waals surface area contributed by atoms with Crippen LogP contribution in [-0.2, 0) is 10.0 Å². The van der Waals surface area contributed by atoms with Crippen LogP contribution < -0.4 is 4.72 Å². The summed E-state index contributed by atoms with van der Waals surface area (Å²) >= 11 is 5.98. The van der Waals surface area contributed by atoms with Crippen molar-refractivity contribution in [2.75, 3.05) is 6.61 Å². The molecule has 1 aromatic rings. The van der Waals surface area contributed by atoms with Gasteiger partial charge in [0, 0.05) is 11.6 Å². The van der Waals surface area contributed by atoms with Gasteiger partial charge in [0.15, 0.2) is 0 Å². The van der Waals surface area contributed by atoms with Crippen LogP contribution in [0, 0.1) is 17.8 Å². The molecule has 0 aromatic heterocycles. The summed E-state index contributed by atoms with van der Waals surface area (Å²) in [5, 5.41) is 8.73. The highest BCUT2D eigenvalue weighted by Gasteiger charge is 2.36. The van der Waals surface area contributed by atoms with Gasteiger partial charge in [-0.05, 0) is 30.5 Å². The zero-order chi connectivity index (χ0) is 14.0. The number of halogens is 1. The summed E-state index contributed by atoms with van der Waals surface area (Å²) in [6, 6.07) is 4.49. The number of rotatable bonds is 3. The zero-order valence-electron chi connectivity index (χ0n) is 10.4. The van der Waals surface area contributed by atoms with Crippen LogP contribution in [0.25, 0.3) is 0 Å². The topological polar surface area (TPSA) is 66.4 Å². The zero-order valence-corrected chi connectivity index (χ0v) is 11.9. The second-order valence-electron chi connectivity index (χ2n) is 4.55. The molecule has 4 nitrogen and oxygen atoms in total. The fourth-order valence-electron chi connectivity index (χ4n) is 1.69. The number of sulfonamides is 1. The highest BCUT2D eigenvalue weighted by Crippen LogP contribution is 2.32. The van der Waals surface area contributed by atoms with E-state index in [4.69, 9.17) is 16.7 Å². The standard InChI is InChI=1S/C13H14ClNO3S/c1-9-7-12(9)15-19(17,18)13-5-4-10(3-2-6-16)8-11(13)14/h4-5,8-9,12,15-16H,6-7H2,1H3. The van der Waals surface area contributed by atoms with Gasteiger partial charge < -0.3 is 5.11 Å². The highest BCUT2D eigenvalue weighted by atomic mass is 35.5. The molecule has 0 spiro atoms. The Hall–Kier alpha value is -1.06. The summed E-state index contributed by atoms with van der Waals surface area (Å²) in [5.41, 5.74) is 0.567. The molecule has 0 amide bonds. The first kappa shape index (κ1) is 14.4. The fraction of sp³-hybridized carbons (Fsp3) is 0.385. The van der Waals surface area contributed by atoms with Crippen molar-refractivity contribution in [1.82, 2.24) is 4.72 Å². The molecule has 0 heterocycles. The lowest BCUT2D eigenvalue weighted by Gasteiger charge is -2.08. The molecule has 1 aliphatic rings. The molecule has 6 heteroatoms. The molecule has 19 heavy (non-hydrogen) atoms. The fourth-order valence-corrected chi connectivity index (χ4v) is 3.59. The van der Waals surface area contributed by atoms with Crippen molar-refractivity contribution in [3.05, 3.63) is 28.8 Å². The lowest BCUT2D eigenvalue weighted by molar-refractivity contribution is 0.350. The van der Waals surface area contributed by atoms with Crippen LogP contribution in [0.5, 0.6) is 0 Å². The lowest BCUT2D eigenvalue weighted by Crippen LogP contribution is -2.27. The van der Waals surface area contributed by atoms with E-state index in [-0.39, 0.29) is 22.6 Å². The van der Waals surface area contributed by atoms with Gasteiger partial charge in [-0.3, -0.25) is 0 Å². The molecule has 0 saturated heterocycles. The van der Waals surface area contributed by atoms with Gasteiger partial charge in [-0.1, -0.05) is 30.4 Å². The summed E-state index contributed by atoms with van der Waals surface area (Å²) in [6.07, 6.45) is 0.858. The van der Waals surface area contributed by atoms with Crippen LogP contribution in [0.4, 0.5) is 0 Å². The third-order valence-electron chi connectivity index (χ3n) is 2.95. The monoisotopic (exact) mass is 299 g/mol. The van der Waals surface area contributed by atoms with E-state index in [2.05, 4.69) is 16.6 Å². The van der Waals surface area contributed by atoms with Crippen LogP contribution in [0.3, 0.4) is 0 Å². The summed E-state index contributed by atoms with van der Waals surface area (Å²) in [4.78, 5) is 0.0582. The SMILES string of the molecule is CC1CC1NS(=O)(=O)c1ccc(C#CCO)cc1Cl. The normalized spacial score (nSPS) is 21.6. The minimum absolute atomic E-state index is 0.00919. The summed E-state index contributed by atoms with van der Waals surface area (Å²) in [5.74, 6) is 5.53. The second kappa shape index (κ2) is 5.51. The van der Waals surface area contributed by atoms with Crippen molar-refractivity contribution in [1.29, 1.82) is 0 Å². The quantitative estimate of drug-likeness (QED) is 0.829. The number of hydrogen-bond donors (Lipinski definition) is 2. The summed E-state index contributed by atoms with van der Waals surface area (Å²) in [7, 11) is -3.58. The first-order chi connectivity index (χ1) is 8.94. The average Bonchev–Trinajstić information content (AvgIpc) is 3.01. The first-order valence-electron chi connectivity index (χ1n) is 5.85.